The van der Waals surface area contributed by atoms with Crippen LogP contribution in [-0.4, -0.2) is 17.7 Å². The van der Waals surface area contributed by atoms with Gasteiger partial charge in [-0.2, -0.15) is 0 Å². The van der Waals surface area contributed by atoms with Gasteiger partial charge < -0.3 is 9.84 Å². The van der Waals surface area contributed by atoms with E-state index in [1.807, 2.05) is 18.2 Å². The van der Waals surface area contributed by atoms with Gasteiger partial charge in [-0.25, -0.2) is 0 Å². The molecule has 0 unspecified atom stereocenters. The van der Waals surface area contributed by atoms with E-state index in [0.717, 1.165) is 25.0 Å². The van der Waals surface area contributed by atoms with Crippen LogP contribution in [0.1, 0.15) is 45.6 Å². The Morgan fingerprint density at radius 1 is 1.26 bits per heavy atom. The van der Waals surface area contributed by atoms with Gasteiger partial charge in [-0.15, -0.1) is 0 Å². The Balaban J connectivity index is 2.30. The standard InChI is InChI=1S/C16H24O3/c1-4-13-9-5-6-10-14(13)19-12-8-7-11-16(2,3)15(17)18/h5-6,9-10H,4,7-8,11-12H2,1-3H3,(H,17,18). The molecule has 0 aliphatic rings. The van der Waals surface area contributed by atoms with E-state index in [0.29, 0.717) is 13.0 Å². The topological polar surface area (TPSA) is 46.5 Å². The number of hydrogen-bond donors (Lipinski definition) is 1. The predicted molar refractivity (Wildman–Crippen MR) is 76.6 cm³/mol. The van der Waals surface area contributed by atoms with E-state index in [2.05, 4.69) is 13.0 Å². The number of aliphatic carboxylic acids is 1. The second-order valence-corrected chi connectivity index (χ2v) is 5.46. The molecule has 0 aliphatic heterocycles. The molecule has 0 saturated heterocycles. The number of rotatable bonds is 8. The molecular weight excluding hydrogens is 240 g/mol. The second kappa shape index (κ2) is 7.17. The molecule has 1 rings (SSSR count). The molecule has 106 valence electrons. The highest BCUT2D eigenvalue weighted by Gasteiger charge is 2.25. The van der Waals surface area contributed by atoms with Gasteiger partial charge in [0.1, 0.15) is 5.75 Å². The van der Waals surface area contributed by atoms with Crippen LogP contribution in [0, 0.1) is 5.41 Å². The summed E-state index contributed by atoms with van der Waals surface area (Å²) in [6.07, 6.45) is 3.39. The summed E-state index contributed by atoms with van der Waals surface area (Å²) >= 11 is 0. The van der Waals surface area contributed by atoms with Crippen LogP contribution in [0.3, 0.4) is 0 Å². The molecule has 1 N–H and O–H groups in total. The molecule has 0 spiro atoms. The van der Waals surface area contributed by atoms with E-state index >= 15 is 0 Å². The molecule has 0 heterocycles. The molecule has 0 bridgehead atoms. The summed E-state index contributed by atoms with van der Waals surface area (Å²) in [5.74, 6) is 0.215. The maximum atomic E-state index is 11.0. The van der Waals surface area contributed by atoms with Crippen LogP contribution in [0.15, 0.2) is 24.3 Å². The van der Waals surface area contributed by atoms with Gasteiger partial charge >= 0.3 is 5.97 Å². The molecule has 1 aromatic carbocycles. The van der Waals surface area contributed by atoms with Crippen molar-refractivity contribution in [2.24, 2.45) is 5.41 Å². The Bertz CT molecular complexity index is 410. The van der Waals surface area contributed by atoms with Crippen LogP contribution in [0.25, 0.3) is 0 Å². The van der Waals surface area contributed by atoms with Crippen molar-refractivity contribution in [1.82, 2.24) is 0 Å². The van der Waals surface area contributed by atoms with Gasteiger partial charge in [0.15, 0.2) is 0 Å². The fourth-order valence-electron chi connectivity index (χ4n) is 1.89. The molecule has 3 heteroatoms. The van der Waals surface area contributed by atoms with Crippen molar-refractivity contribution < 1.29 is 14.6 Å². The Hall–Kier alpha value is -1.51. The molecule has 1 aromatic rings. The zero-order valence-electron chi connectivity index (χ0n) is 12.1. The van der Waals surface area contributed by atoms with E-state index in [4.69, 9.17) is 9.84 Å². The monoisotopic (exact) mass is 264 g/mol. The number of carbonyl (C=O) groups is 1. The smallest absolute Gasteiger partial charge is 0.309 e. The molecular formula is C16H24O3. The maximum Gasteiger partial charge on any atom is 0.309 e. The number of para-hydroxylation sites is 1. The molecule has 0 aromatic heterocycles. The Kier molecular flexibility index (Phi) is 5.87. The lowest BCUT2D eigenvalue weighted by atomic mass is 9.87. The summed E-state index contributed by atoms with van der Waals surface area (Å²) in [6, 6.07) is 8.05. The first-order chi connectivity index (χ1) is 8.97. The molecule has 0 fully saturated rings. The number of ether oxygens (including phenoxy) is 1. The summed E-state index contributed by atoms with van der Waals surface area (Å²) in [5.41, 5.74) is 0.579. The van der Waals surface area contributed by atoms with Gasteiger partial charge in [0, 0.05) is 0 Å². The van der Waals surface area contributed by atoms with E-state index in [-0.39, 0.29) is 0 Å². The van der Waals surface area contributed by atoms with Crippen LogP contribution >= 0.6 is 0 Å². The highest BCUT2D eigenvalue weighted by Crippen LogP contribution is 2.24. The van der Waals surface area contributed by atoms with Crippen LogP contribution in [0.5, 0.6) is 5.75 Å². The normalized spacial score (nSPS) is 11.3. The van der Waals surface area contributed by atoms with Crippen molar-refractivity contribution in [3.8, 4) is 5.75 Å². The van der Waals surface area contributed by atoms with E-state index in [1.54, 1.807) is 13.8 Å². The number of benzene rings is 1. The number of carboxylic acid groups (broad SMARTS) is 1. The van der Waals surface area contributed by atoms with Gasteiger partial charge in [0.25, 0.3) is 0 Å². The van der Waals surface area contributed by atoms with Crippen LogP contribution < -0.4 is 4.74 Å². The summed E-state index contributed by atoms with van der Waals surface area (Å²) in [7, 11) is 0. The first-order valence-corrected chi connectivity index (χ1v) is 6.91. The van der Waals surface area contributed by atoms with Gasteiger partial charge in [0.05, 0.1) is 12.0 Å². The molecule has 0 atom stereocenters. The predicted octanol–water partition coefficient (Wildman–Crippen LogP) is 3.91. The zero-order chi connectivity index (χ0) is 14.3. The van der Waals surface area contributed by atoms with Crippen molar-refractivity contribution in [1.29, 1.82) is 0 Å². The third-order valence-electron chi connectivity index (χ3n) is 3.39. The van der Waals surface area contributed by atoms with E-state index < -0.39 is 11.4 Å². The average molecular weight is 264 g/mol. The minimum absolute atomic E-state index is 0.638. The maximum absolute atomic E-state index is 11.0. The van der Waals surface area contributed by atoms with Crippen molar-refractivity contribution in [2.45, 2.75) is 46.5 Å². The second-order valence-electron chi connectivity index (χ2n) is 5.46. The van der Waals surface area contributed by atoms with Gasteiger partial charge in [-0.3, -0.25) is 4.79 Å². The molecule has 0 amide bonds. The van der Waals surface area contributed by atoms with Gasteiger partial charge in [0.2, 0.25) is 0 Å². The Morgan fingerprint density at radius 2 is 1.95 bits per heavy atom. The number of carboxylic acids is 1. The Morgan fingerprint density at radius 3 is 2.58 bits per heavy atom. The lowest BCUT2D eigenvalue weighted by Gasteiger charge is -2.18. The highest BCUT2D eigenvalue weighted by atomic mass is 16.5. The first kappa shape index (κ1) is 15.5. The number of unbranched alkanes of at least 4 members (excludes halogenated alkanes) is 1. The lowest BCUT2D eigenvalue weighted by molar-refractivity contribution is -0.147. The van der Waals surface area contributed by atoms with E-state index in [1.165, 1.54) is 5.56 Å². The number of hydrogen-bond acceptors (Lipinski definition) is 2. The largest absolute Gasteiger partial charge is 0.493 e. The van der Waals surface area contributed by atoms with Crippen LogP contribution in [0.2, 0.25) is 0 Å². The molecule has 0 saturated carbocycles. The number of aryl methyl sites for hydroxylation is 1. The lowest BCUT2D eigenvalue weighted by Crippen LogP contribution is -2.23. The SMILES string of the molecule is CCc1ccccc1OCCCCC(C)(C)C(=O)O. The third kappa shape index (κ3) is 4.93. The first-order valence-electron chi connectivity index (χ1n) is 6.91. The van der Waals surface area contributed by atoms with E-state index in [9.17, 15) is 4.79 Å². The fourth-order valence-corrected chi connectivity index (χ4v) is 1.89. The van der Waals surface area contributed by atoms with Crippen LogP contribution in [-0.2, 0) is 11.2 Å². The van der Waals surface area contributed by atoms with Gasteiger partial charge in [-0.05, 0) is 51.2 Å². The van der Waals surface area contributed by atoms with Gasteiger partial charge in [-0.1, -0.05) is 25.1 Å². The molecule has 0 radical (unpaired) electrons. The van der Waals surface area contributed by atoms with Crippen molar-refractivity contribution >= 4 is 5.97 Å². The summed E-state index contributed by atoms with van der Waals surface area (Å²) < 4.78 is 5.76. The average Bonchev–Trinajstić information content (AvgIpc) is 2.38. The molecule has 19 heavy (non-hydrogen) atoms. The highest BCUT2D eigenvalue weighted by molar-refractivity contribution is 5.73. The Labute approximate surface area is 115 Å². The van der Waals surface area contributed by atoms with Crippen molar-refractivity contribution in [3.05, 3.63) is 29.8 Å². The van der Waals surface area contributed by atoms with Crippen molar-refractivity contribution in [2.75, 3.05) is 6.61 Å². The zero-order valence-corrected chi connectivity index (χ0v) is 12.1. The fraction of sp³-hybridized carbons (Fsp3) is 0.562. The quantitative estimate of drug-likeness (QED) is 0.724. The van der Waals surface area contributed by atoms with Crippen LogP contribution in [0.4, 0.5) is 0 Å². The third-order valence-corrected chi connectivity index (χ3v) is 3.39. The molecule has 3 nitrogen and oxygen atoms in total. The summed E-state index contributed by atoms with van der Waals surface area (Å²) in [5, 5.41) is 9.01. The minimum Gasteiger partial charge on any atom is -0.493 e. The summed E-state index contributed by atoms with van der Waals surface area (Å²) in [6.45, 7) is 6.29. The summed E-state index contributed by atoms with van der Waals surface area (Å²) in [4.78, 5) is 11.0. The molecule has 0 aliphatic carbocycles. The minimum atomic E-state index is -0.732. The van der Waals surface area contributed by atoms with Crippen molar-refractivity contribution in [3.63, 3.8) is 0 Å².